The van der Waals surface area contributed by atoms with E-state index in [1.807, 2.05) is 30.3 Å². The number of aryl methyl sites for hydroxylation is 1. The van der Waals surface area contributed by atoms with E-state index >= 15 is 0 Å². The number of benzene rings is 1. The Morgan fingerprint density at radius 3 is 2.73 bits per heavy atom. The molecule has 4 heterocycles. The summed E-state index contributed by atoms with van der Waals surface area (Å²) >= 11 is 6.22. The summed E-state index contributed by atoms with van der Waals surface area (Å²) < 4.78 is 7.18. The van der Waals surface area contributed by atoms with E-state index in [-0.39, 0.29) is 5.56 Å². The van der Waals surface area contributed by atoms with E-state index in [1.54, 1.807) is 30.1 Å². The Morgan fingerprint density at radius 1 is 1.07 bits per heavy atom. The van der Waals surface area contributed by atoms with Crippen LogP contribution in [-0.4, -0.2) is 47.2 Å². The zero-order valence-electron chi connectivity index (χ0n) is 16.8. The first kappa shape index (κ1) is 19.2. The Morgan fingerprint density at radius 2 is 1.90 bits per heavy atom. The van der Waals surface area contributed by atoms with Crippen LogP contribution in [0.25, 0.3) is 21.9 Å². The number of pyridine rings is 2. The second kappa shape index (κ2) is 7.78. The molecule has 154 valence electrons. The van der Waals surface area contributed by atoms with E-state index in [4.69, 9.17) is 16.0 Å². The van der Waals surface area contributed by atoms with Gasteiger partial charge in [0, 0.05) is 62.4 Å². The summed E-state index contributed by atoms with van der Waals surface area (Å²) in [5.74, 6) is 0.994. The monoisotopic (exact) mass is 422 g/mol. The molecular weight excluding hydrogens is 400 g/mol. The number of piperazine rings is 1. The molecule has 0 radical (unpaired) electrons. The summed E-state index contributed by atoms with van der Waals surface area (Å²) in [6, 6.07) is 11.3. The molecule has 1 aliphatic heterocycles. The van der Waals surface area contributed by atoms with Crippen LogP contribution in [0.3, 0.4) is 0 Å². The van der Waals surface area contributed by atoms with Gasteiger partial charge in [-0.3, -0.25) is 9.69 Å². The summed E-state index contributed by atoms with van der Waals surface area (Å²) in [5, 5.41) is 2.81. The van der Waals surface area contributed by atoms with Gasteiger partial charge < -0.3 is 13.9 Å². The number of halogens is 1. The summed E-state index contributed by atoms with van der Waals surface area (Å²) in [7, 11) is 1.80. The third-order valence-corrected chi connectivity index (χ3v) is 6.26. The maximum absolute atomic E-state index is 12.4. The normalized spacial score (nSPS) is 15.3. The molecule has 1 fully saturated rings. The van der Waals surface area contributed by atoms with E-state index in [0.29, 0.717) is 5.02 Å². The van der Waals surface area contributed by atoms with E-state index in [9.17, 15) is 4.79 Å². The van der Waals surface area contributed by atoms with E-state index in [0.717, 1.165) is 72.4 Å². The van der Waals surface area contributed by atoms with Crippen molar-refractivity contribution in [2.24, 2.45) is 7.05 Å². The van der Waals surface area contributed by atoms with Gasteiger partial charge in [0.25, 0.3) is 5.56 Å². The molecule has 4 aromatic rings. The van der Waals surface area contributed by atoms with Crippen molar-refractivity contribution in [2.75, 3.05) is 37.6 Å². The summed E-state index contributed by atoms with van der Waals surface area (Å²) in [6.45, 7) is 4.66. The standard InChI is InChI=1S/C23H23ClN4O2/c1-26-20-3-2-17(24)15-19(20)16(14-22(26)29)5-8-27-9-11-28(12-10-27)23-18-6-13-30-21(18)4-7-25-23/h2-4,6-7,13-15H,5,8-12H2,1H3. The molecule has 0 unspecified atom stereocenters. The van der Waals surface area contributed by atoms with Crippen molar-refractivity contribution in [1.82, 2.24) is 14.5 Å². The Labute approximate surface area is 179 Å². The first-order valence-electron chi connectivity index (χ1n) is 10.2. The van der Waals surface area contributed by atoms with Crippen molar-refractivity contribution in [3.63, 3.8) is 0 Å². The Bertz CT molecular complexity index is 1270. The van der Waals surface area contributed by atoms with Gasteiger partial charge in [0.05, 0.1) is 17.2 Å². The lowest BCUT2D eigenvalue weighted by Gasteiger charge is -2.35. The number of fused-ring (bicyclic) bond motifs is 2. The molecule has 7 heteroatoms. The summed E-state index contributed by atoms with van der Waals surface area (Å²) in [6.07, 6.45) is 4.34. The van der Waals surface area contributed by atoms with Gasteiger partial charge in [0.15, 0.2) is 0 Å². The molecule has 0 saturated carbocycles. The number of anilines is 1. The number of hydrogen-bond acceptors (Lipinski definition) is 5. The SMILES string of the molecule is Cn1c(=O)cc(CCN2CCN(c3nccc4occc34)CC2)c2cc(Cl)ccc21. The quantitative estimate of drug-likeness (QED) is 0.502. The van der Waals surface area contributed by atoms with Crippen LogP contribution in [0, 0.1) is 0 Å². The van der Waals surface area contributed by atoms with Gasteiger partial charge in [0.1, 0.15) is 11.4 Å². The lowest BCUT2D eigenvalue weighted by Crippen LogP contribution is -2.47. The van der Waals surface area contributed by atoms with Crippen LogP contribution in [0.15, 0.2) is 58.1 Å². The molecule has 5 rings (SSSR count). The van der Waals surface area contributed by atoms with Crippen LogP contribution in [-0.2, 0) is 13.5 Å². The third-order valence-electron chi connectivity index (χ3n) is 6.02. The molecule has 0 N–H and O–H groups in total. The van der Waals surface area contributed by atoms with Crippen LogP contribution >= 0.6 is 11.6 Å². The first-order chi connectivity index (χ1) is 14.6. The van der Waals surface area contributed by atoms with Crippen LogP contribution < -0.4 is 10.5 Å². The van der Waals surface area contributed by atoms with Crippen molar-refractivity contribution in [3.8, 4) is 0 Å². The van der Waals surface area contributed by atoms with Crippen molar-refractivity contribution in [1.29, 1.82) is 0 Å². The predicted molar refractivity (Wildman–Crippen MR) is 121 cm³/mol. The molecule has 0 aliphatic carbocycles. The van der Waals surface area contributed by atoms with Crippen LogP contribution in [0.5, 0.6) is 0 Å². The smallest absolute Gasteiger partial charge is 0.251 e. The minimum Gasteiger partial charge on any atom is -0.464 e. The van der Waals surface area contributed by atoms with Crippen LogP contribution in [0.1, 0.15) is 5.56 Å². The van der Waals surface area contributed by atoms with Gasteiger partial charge in [-0.15, -0.1) is 0 Å². The van der Waals surface area contributed by atoms with Crippen molar-refractivity contribution >= 4 is 39.3 Å². The van der Waals surface area contributed by atoms with E-state index in [2.05, 4.69) is 14.8 Å². The largest absolute Gasteiger partial charge is 0.464 e. The van der Waals surface area contributed by atoms with Gasteiger partial charge in [-0.1, -0.05) is 11.6 Å². The molecule has 0 amide bonds. The number of aromatic nitrogens is 2. The molecule has 30 heavy (non-hydrogen) atoms. The summed E-state index contributed by atoms with van der Waals surface area (Å²) in [4.78, 5) is 21.7. The molecular formula is C23H23ClN4O2. The predicted octanol–water partition coefficient (Wildman–Crippen LogP) is 3.70. The van der Waals surface area contributed by atoms with Gasteiger partial charge in [-0.2, -0.15) is 0 Å². The van der Waals surface area contributed by atoms with Gasteiger partial charge in [0.2, 0.25) is 0 Å². The second-order valence-corrected chi connectivity index (χ2v) is 8.21. The first-order valence-corrected chi connectivity index (χ1v) is 10.6. The lowest BCUT2D eigenvalue weighted by atomic mass is 10.1. The van der Waals surface area contributed by atoms with Crippen molar-refractivity contribution in [3.05, 3.63) is 69.8 Å². The Balaban J connectivity index is 1.29. The van der Waals surface area contributed by atoms with Crippen molar-refractivity contribution in [2.45, 2.75) is 6.42 Å². The third kappa shape index (κ3) is 3.46. The summed E-state index contributed by atoms with van der Waals surface area (Å²) in [5.41, 5.74) is 2.87. The number of furan rings is 1. The van der Waals surface area contributed by atoms with E-state index in [1.165, 1.54) is 0 Å². The topological polar surface area (TPSA) is 54.5 Å². The maximum Gasteiger partial charge on any atom is 0.251 e. The zero-order valence-corrected chi connectivity index (χ0v) is 17.6. The molecule has 1 aliphatic rings. The lowest BCUT2D eigenvalue weighted by molar-refractivity contribution is 0.261. The Hall–Kier alpha value is -2.83. The average molecular weight is 423 g/mol. The van der Waals surface area contributed by atoms with Gasteiger partial charge in [-0.05, 0) is 42.3 Å². The zero-order chi connectivity index (χ0) is 20.7. The fourth-order valence-corrected chi connectivity index (χ4v) is 4.47. The fourth-order valence-electron chi connectivity index (χ4n) is 4.30. The Kier molecular flexibility index (Phi) is 4.97. The molecule has 6 nitrogen and oxygen atoms in total. The highest BCUT2D eigenvalue weighted by molar-refractivity contribution is 6.31. The minimum atomic E-state index is 0.0175. The van der Waals surface area contributed by atoms with Crippen LogP contribution in [0.4, 0.5) is 5.82 Å². The molecule has 0 spiro atoms. The average Bonchev–Trinajstić information content (AvgIpc) is 3.25. The molecule has 0 atom stereocenters. The highest BCUT2D eigenvalue weighted by Crippen LogP contribution is 2.26. The molecule has 0 bridgehead atoms. The minimum absolute atomic E-state index is 0.0175. The number of rotatable bonds is 4. The fraction of sp³-hybridized carbons (Fsp3) is 0.304. The maximum atomic E-state index is 12.4. The van der Waals surface area contributed by atoms with E-state index < -0.39 is 0 Å². The van der Waals surface area contributed by atoms with Crippen LogP contribution in [0.2, 0.25) is 5.02 Å². The second-order valence-electron chi connectivity index (χ2n) is 7.77. The number of hydrogen-bond donors (Lipinski definition) is 0. The molecule has 1 saturated heterocycles. The highest BCUT2D eigenvalue weighted by Gasteiger charge is 2.20. The highest BCUT2D eigenvalue weighted by atomic mass is 35.5. The van der Waals surface area contributed by atoms with Crippen molar-refractivity contribution < 1.29 is 4.42 Å². The molecule has 3 aromatic heterocycles. The molecule has 1 aromatic carbocycles. The van der Waals surface area contributed by atoms with Gasteiger partial charge >= 0.3 is 0 Å². The van der Waals surface area contributed by atoms with Gasteiger partial charge in [-0.25, -0.2) is 4.98 Å². The number of nitrogens with zero attached hydrogens (tertiary/aromatic N) is 4.